The maximum atomic E-state index is 11.2. The summed E-state index contributed by atoms with van der Waals surface area (Å²) in [6, 6.07) is 6.05. The third kappa shape index (κ3) is 4.58. The minimum absolute atomic E-state index is 0.107. The van der Waals surface area contributed by atoms with Crippen LogP contribution >= 0.6 is 11.3 Å². The molecular weight excluding hydrogens is 318 g/mol. The summed E-state index contributed by atoms with van der Waals surface area (Å²) in [4.78, 5) is 15.2. The van der Waals surface area contributed by atoms with E-state index in [1.807, 2.05) is 11.3 Å². The minimum Gasteiger partial charge on any atom is -0.354 e. The molecule has 0 bridgehead atoms. The van der Waals surface area contributed by atoms with Gasteiger partial charge in [0.05, 0.1) is 0 Å². The second kappa shape index (κ2) is 8.45. The molecule has 4 nitrogen and oxygen atoms in total. The minimum atomic E-state index is 0.107. The van der Waals surface area contributed by atoms with E-state index in [9.17, 15) is 4.79 Å². The van der Waals surface area contributed by atoms with Crippen molar-refractivity contribution >= 4 is 17.2 Å². The van der Waals surface area contributed by atoms with Crippen molar-refractivity contribution in [2.45, 2.75) is 63.6 Å². The Morgan fingerprint density at radius 1 is 1.25 bits per heavy atom. The Hall–Kier alpha value is -0.910. The van der Waals surface area contributed by atoms with Crippen LogP contribution in [0.5, 0.6) is 0 Å². The van der Waals surface area contributed by atoms with E-state index in [4.69, 9.17) is 0 Å². The number of carbonyl (C=O) groups excluding carboxylic acids is 1. The van der Waals surface area contributed by atoms with Gasteiger partial charge in [-0.15, -0.1) is 11.3 Å². The van der Waals surface area contributed by atoms with Gasteiger partial charge in [-0.1, -0.05) is 6.07 Å². The highest BCUT2D eigenvalue weighted by atomic mass is 32.1. The van der Waals surface area contributed by atoms with Crippen molar-refractivity contribution in [3.8, 4) is 0 Å². The first-order valence-electron chi connectivity index (χ1n) is 9.37. The number of amides is 1. The lowest BCUT2D eigenvalue weighted by Crippen LogP contribution is -2.45. The van der Waals surface area contributed by atoms with Crippen LogP contribution < -0.4 is 10.6 Å². The van der Waals surface area contributed by atoms with E-state index in [1.165, 1.54) is 37.1 Å². The van der Waals surface area contributed by atoms with E-state index in [1.54, 1.807) is 6.92 Å². The number of piperidine rings is 1. The maximum absolute atomic E-state index is 11.2. The smallest absolute Gasteiger partial charge is 0.217 e. The summed E-state index contributed by atoms with van der Waals surface area (Å²) < 4.78 is 0. The predicted molar refractivity (Wildman–Crippen MR) is 100 cm³/mol. The Morgan fingerprint density at radius 3 is 2.67 bits per heavy atom. The molecule has 0 aromatic carbocycles. The summed E-state index contributed by atoms with van der Waals surface area (Å²) in [6.45, 7) is 3.94. The van der Waals surface area contributed by atoms with Gasteiger partial charge < -0.3 is 10.6 Å². The van der Waals surface area contributed by atoms with E-state index in [2.05, 4.69) is 40.1 Å². The van der Waals surface area contributed by atoms with Crippen molar-refractivity contribution in [3.63, 3.8) is 0 Å². The van der Waals surface area contributed by atoms with Gasteiger partial charge in [-0.3, -0.25) is 9.69 Å². The van der Waals surface area contributed by atoms with Crippen LogP contribution in [0.25, 0.3) is 0 Å². The van der Waals surface area contributed by atoms with Crippen molar-refractivity contribution in [3.05, 3.63) is 22.4 Å². The van der Waals surface area contributed by atoms with Crippen LogP contribution in [-0.4, -0.2) is 43.0 Å². The molecule has 1 aliphatic carbocycles. The van der Waals surface area contributed by atoms with Gasteiger partial charge >= 0.3 is 0 Å². The second-order valence-corrected chi connectivity index (χ2v) is 8.48. The fourth-order valence-electron chi connectivity index (χ4n) is 4.43. The molecule has 2 aliphatic rings. The molecule has 0 radical (unpaired) electrons. The first-order valence-corrected chi connectivity index (χ1v) is 10.3. The van der Waals surface area contributed by atoms with Crippen LogP contribution in [0, 0.1) is 5.92 Å². The van der Waals surface area contributed by atoms with E-state index in [-0.39, 0.29) is 5.91 Å². The summed E-state index contributed by atoms with van der Waals surface area (Å²) in [5.74, 6) is 0.811. The molecule has 5 heteroatoms. The fraction of sp³-hybridized carbons (Fsp3) is 0.737. The molecule has 0 unspecified atom stereocenters. The van der Waals surface area contributed by atoms with E-state index >= 15 is 0 Å². The number of rotatable bonds is 5. The van der Waals surface area contributed by atoms with Crippen LogP contribution in [0.4, 0.5) is 0 Å². The zero-order valence-electron chi connectivity index (χ0n) is 15.0. The van der Waals surface area contributed by atoms with Crippen molar-refractivity contribution in [1.29, 1.82) is 0 Å². The highest BCUT2D eigenvalue weighted by Gasteiger charge is 2.31. The van der Waals surface area contributed by atoms with Gasteiger partial charge in [-0.05, 0) is 69.5 Å². The lowest BCUT2D eigenvalue weighted by molar-refractivity contribution is -0.119. The van der Waals surface area contributed by atoms with Crippen molar-refractivity contribution < 1.29 is 4.79 Å². The molecule has 1 aromatic rings. The largest absolute Gasteiger partial charge is 0.354 e. The van der Waals surface area contributed by atoms with Crippen molar-refractivity contribution in [2.75, 3.05) is 20.1 Å². The van der Waals surface area contributed by atoms with Gasteiger partial charge in [0.1, 0.15) is 0 Å². The van der Waals surface area contributed by atoms with Crippen LogP contribution in [-0.2, 0) is 4.79 Å². The molecule has 1 aliphatic heterocycles. The zero-order chi connectivity index (χ0) is 16.9. The van der Waals surface area contributed by atoms with Gasteiger partial charge in [0.2, 0.25) is 5.91 Å². The molecule has 1 saturated carbocycles. The normalized spacial score (nSPS) is 31.8. The van der Waals surface area contributed by atoms with Crippen LogP contribution in [0.15, 0.2) is 17.5 Å². The number of hydrogen-bond donors (Lipinski definition) is 2. The van der Waals surface area contributed by atoms with Gasteiger partial charge in [0.25, 0.3) is 0 Å². The molecule has 2 heterocycles. The summed E-state index contributed by atoms with van der Waals surface area (Å²) in [6.07, 6.45) is 7.20. The summed E-state index contributed by atoms with van der Waals surface area (Å²) >= 11 is 1.89. The Kier molecular flexibility index (Phi) is 6.31. The Bertz CT molecular complexity index is 511. The molecule has 3 rings (SSSR count). The Labute approximate surface area is 150 Å². The lowest BCUT2D eigenvalue weighted by atomic mass is 9.86. The number of thiophene rings is 1. The lowest BCUT2D eigenvalue weighted by Gasteiger charge is -2.40. The van der Waals surface area contributed by atoms with Crippen LogP contribution in [0.1, 0.15) is 56.4 Å². The standard InChI is InChI=1S/C19H31N3OS/c1-14(23)21-17-9-7-16(8-10-17)20-13-15-5-3-11-22(2)19(15)18-6-4-12-24-18/h4,6,12,15-17,19-20H,3,5,7-11,13H2,1-2H3,(H,21,23)/t15-,16?,17?,19-/m0/s1. The summed E-state index contributed by atoms with van der Waals surface area (Å²) in [7, 11) is 2.27. The molecule has 2 atom stereocenters. The Balaban J connectivity index is 1.49. The highest BCUT2D eigenvalue weighted by Crippen LogP contribution is 2.37. The average Bonchev–Trinajstić information content (AvgIpc) is 3.07. The monoisotopic (exact) mass is 349 g/mol. The second-order valence-electron chi connectivity index (χ2n) is 7.50. The highest BCUT2D eigenvalue weighted by molar-refractivity contribution is 7.10. The van der Waals surface area contributed by atoms with Crippen molar-refractivity contribution in [2.24, 2.45) is 5.92 Å². The van der Waals surface area contributed by atoms with E-state index in [0.717, 1.165) is 19.4 Å². The fourth-order valence-corrected chi connectivity index (χ4v) is 5.41. The summed E-state index contributed by atoms with van der Waals surface area (Å²) in [5.41, 5.74) is 0. The summed E-state index contributed by atoms with van der Waals surface area (Å²) in [5, 5.41) is 9.11. The first kappa shape index (κ1) is 17.9. The molecule has 0 spiro atoms. The van der Waals surface area contributed by atoms with Gasteiger partial charge in [0.15, 0.2) is 0 Å². The number of hydrogen-bond acceptors (Lipinski definition) is 4. The third-order valence-corrected chi connectivity index (χ3v) is 6.59. The van der Waals surface area contributed by atoms with Crippen LogP contribution in [0.2, 0.25) is 0 Å². The van der Waals surface area contributed by atoms with Crippen LogP contribution in [0.3, 0.4) is 0 Å². The molecular formula is C19H31N3OS. The number of likely N-dealkylation sites (tertiary alicyclic amines) is 1. The molecule has 1 aromatic heterocycles. The first-order chi connectivity index (χ1) is 11.6. The molecule has 134 valence electrons. The number of carbonyl (C=O) groups is 1. The quantitative estimate of drug-likeness (QED) is 0.858. The average molecular weight is 350 g/mol. The zero-order valence-corrected chi connectivity index (χ0v) is 15.8. The van der Waals surface area contributed by atoms with Gasteiger partial charge in [0, 0.05) is 36.5 Å². The molecule has 2 N–H and O–H groups in total. The topological polar surface area (TPSA) is 44.4 Å². The third-order valence-electron chi connectivity index (χ3n) is 5.65. The van der Waals surface area contributed by atoms with E-state index < -0.39 is 0 Å². The maximum Gasteiger partial charge on any atom is 0.217 e. The molecule has 1 amide bonds. The number of nitrogens with one attached hydrogen (secondary N) is 2. The molecule has 24 heavy (non-hydrogen) atoms. The van der Waals surface area contributed by atoms with E-state index in [0.29, 0.717) is 24.0 Å². The predicted octanol–water partition coefficient (Wildman–Crippen LogP) is 3.17. The Morgan fingerprint density at radius 2 is 2.00 bits per heavy atom. The SMILES string of the molecule is CC(=O)NC1CCC(NC[C@@H]2CCCN(C)[C@@H]2c2cccs2)CC1. The molecule has 1 saturated heterocycles. The molecule has 2 fully saturated rings. The van der Waals surface area contributed by atoms with Crippen molar-refractivity contribution in [1.82, 2.24) is 15.5 Å². The van der Waals surface area contributed by atoms with Gasteiger partial charge in [-0.25, -0.2) is 0 Å². The van der Waals surface area contributed by atoms with Gasteiger partial charge in [-0.2, -0.15) is 0 Å². The number of nitrogens with zero attached hydrogens (tertiary/aromatic N) is 1.